The fraction of sp³-hybridized carbons (Fsp3) is 0.375. The number of hydrogen-bond donors (Lipinski definition) is 1. The molecule has 22 heavy (non-hydrogen) atoms. The second-order valence-corrected chi connectivity index (χ2v) is 6.28. The molecule has 2 amide bonds. The Morgan fingerprint density at radius 1 is 1.45 bits per heavy atom. The molecule has 0 aliphatic carbocycles. The molecular weight excluding hydrogens is 346 g/mol. The van der Waals surface area contributed by atoms with E-state index in [9.17, 15) is 4.79 Å². The van der Waals surface area contributed by atoms with E-state index in [1.165, 1.54) is 0 Å². The van der Waals surface area contributed by atoms with Crippen LogP contribution >= 0.6 is 15.9 Å². The van der Waals surface area contributed by atoms with Crippen LogP contribution < -0.4 is 5.32 Å². The normalized spacial score (nSPS) is 17.7. The number of nitrogens with zero attached hydrogens (tertiary/aromatic N) is 2. The zero-order valence-electron chi connectivity index (χ0n) is 12.4. The first-order valence-corrected chi connectivity index (χ1v) is 8.25. The van der Waals surface area contributed by atoms with Crippen LogP contribution in [-0.4, -0.2) is 22.6 Å². The van der Waals surface area contributed by atoms with Gasteiger partial charge in [-0.1, -0.05) is 28.0 Å². The molecule has 0 unspecified atom stereocenters. The summed E-state index contributed by atoms with van der Waals surface area (Å²) in [6.07, 6.45) is 2.72. The minimum Gasteiger partial charge on any atom is -0.359 e. The molecule has 6 heteroatoms. The van der Waals surface area contributed by atoms with Crippen LogP contribution in [0.4, 0.5) is 10.5 Å². The number of hydrogen-bond acceptors (Lipinski definition) is 3. The Morgan fingerprint density at radius 2 is 2.23 bits per heavy atom. The van der Waals surface area contributed by atoms with Gasteiger partial charge in [-0.25, -0.2) is 4.79 Å². The molecule has 1 saturated heterocycles. The Balaban J connectivity index is 1.72. The molecule has 2 heterocycles. The van der Waals surface area contributed by atoms with Crippen LogP contribution in [0.25, 0.3) is 0 Å². The van der Waals surface area contributed by atoms with Crippen molar-refractivity contribution in [2.75, 3.05) is 11.9 Å². The molecule has 1 aromatic carbocycles. The largest absolute Gasteiger partial charge is 0.359 e. The van der Waals surface area contributed by atoms with Crippen LogP contribution in [-0.2, 0) is 6.42 Å². The average Bonchev–Trinajstić information content (AvgIpc) is 3.17. The lowest BCUT2D eigenvalue weighted by molar-refractivity contribution is 0.195. The predicted molar refractivity (Wildman–Crippen MR) is 87.7 cm³/mol. The van der Waals surface area contributed by atoms with Gasteiger partial charge < -0.3 is 14.7 Å². The van der Waals surface area contributed by atoms with E-state index in [0.717, 1.165) is 47.4 Å². The molecule has 1 aliphatic rings. The molecule has 3 rings (SSSR count). The van der Waals surface area contributed by atoms with Crippen molar-refractivity contribution in [3.63, 3.8) is 0 Å². The standard InChI is InChI=1S/C16H18BrN3O2/c1-2-12-10-15(22-19-12)14-4-3-9-20(14)16(21)18-13-7-5-11(17)6-8-13/h5-8,10,14H,2-4,9H2,1H3,(H,18,21)/t14-/m1/s1. The second-order valence-electron chi connectivity index (χ2n) is 5.36. The molecule has 116 valence electrons. The highest BCUT2D eigenvalue weighted by Crippen LogP contribution is 2.32. The van der Waals surface area contributed by atoms with E-state index in [0.29, 0.717) is 0 Å². The van der Waals surface area contributed by atoms with Gasteiger partial charge in [0.25, 0.3) is 0 Å². The van der Waals surface area contributed by atoms with Gasteiger partial charge in [-0.15, -0.1) is 0 Å². The summed E-state index contributed by atoms with van der Waals surface area (Å²) in [5, 5.41) is 6.96. The predicted octanol–water partition coefficient (Wildman–Crippen LogP) is 4.37. The highest BCUT2D eigenvalue weighted by molar-refractivity contribution is 9.10. The minimum absolute atomic E-state index is 0.0248. The molecule has 5 nitrogen and oxygen atoms in total. The molecule has 0 radical (unpaired) electrons. The number of rotatable bonds is 3. The summed E-state index contributed by atoms with van der Waals surface area (Å²) >= 11 is 3.38. The minimum atomic E-state index is -0.0979. The zero-order valence-corrected chi connectivity index (χ0v) is 14.0. The Kier molecular flexibility index (Phi) is 4.47. The fourth-order valence-corrected chi connectivity index (χ4v) is 2.95. The molecule has 1 aromatic heterocycles. The first-order chi connectivity index (χ1) is 10.7. The number of nitrogens with one attached hydrogen (secondary N) is 1. The number of benzene rings is 1. The number of aromatic nitrogens is 1. The summed E-state index contributed by atoms with van der Waals surface area (Å²) in [4.78, 5) is 14.3. The number of halogens is 1. The van der Waals surface area contributed by atoms with E-state index in [2.05, 4.69) is 26.4 Å². The van der Waals surface area contributed by atoms with Gasteiger partial charge in [-0.05, 0) is 43.5 Å². The molecule has 1 aliphatic heterocycles. The molecule has 0 bridgehead atoms. The summed E-state index contributed by atoms with van der Waals surface area (Å²) in [6, 6.07) is 9.38. The van der Waals surface area contributed by atoms with Gasteiger partial charge in [-0.3, -0.25) is 0 Å². The SMILES string of the molecule is CCc1cc([C@H]2CCCN2C(=O)Nc2ccc(Br)cc2)on1. The van der Waals surface area contributed by atoms with E-state index in [4.69, 9.17) is 4.52 Å². The summed E-state index contributed by atoms with van der Waals surface area (Å²) < 4.78 is 6.39. The number of amides is 2. The monoisotopic (exact) mass is 363 g/mol. The third-order valence-corrected chi connectivity index (χ3v) is 4.41. The fourth-order valence-electron chi connectivity index (χ4n) is 2.69. The van der Waals surface area contributed by atoms with Gasteiger partial charge in [0.1, 0.15) is 0 Å². The Bertz CT molecular complexity index is 654. The van der Waals surface area contributed by atoms with Crippen molar-refractivity contribution in [1.29, 1.82) is 0 Å². The Morgan fingerprint density at radius 3 is 2.91 bits per heavy atom. The molecule has 1 fully saturated rings. The van der Waals surface area contributed by atoms with E-state index in [1.807, 2.05) is 42.2 Å². The third kappa shape index (κ3) is 3.16. The van der Waals surface area contributed by atoms with Crippen LogP contribution in [0, 0.1) is 0 Å². The number of likely N-dealkylation sites (tertiary alicyclic amines) is 1. The summed E-state index contributed by atoms with van der Waals surface area (Å²) in [5.41, 5.74) is 1.71. The number of urea groups is 1. The van der Waals surface area contributed by atoms with Gasteiger partial charge in [0.2, 0.25) is 0 Å². The van der Waals surface area contributed by atoms with Crippen LogP contribution in [0.15, 0.2) is 39.3 Å². The van der Waals surface area contributed by atoms with Crippen molar-refractivity contribution in [2.45, 2.75) is 32.2 Å². The van der Waals surface area contributed by atoms with E-state index in [-0.39, 0.29) is 12.1 Å². The number of aryl methyl sites for hydroxylation is 1. The van der Waals surface area contributed by atoms with E-state index < -0.39 is 0 Å². The van der Waals surface area contributed by atoms with Crippen molar-refractivity contribution in [1.82, 2.24) is 10.1 Å². The number of carbonyl (C=O) groups excluding carboxylic acids is 1. The quantitative estimate of drug-likeness (QED) is 0.880. The lowest BCUT2D eigenvalue weighted by Gasteiger charge is -2.23. The maximum atomic E-state index is 12.5. The Hall–Kier alpha value is -1.82. The molecule has 0 spiro atoms. The number of carbonyl (C=O) groups is 1. The summed E-state index contributed by atoms with van der Waals surface area (Å²) in [6.45, 7) is 2.77. The topological polar surface area (TPSA) is 58.4 Å². The van der Waals surface area contributed by atoms with E-state index in [1.54, 1.807) is 0 Å². The lowest BCUT2D eigenvalue weighted by atomic mass is 10.1. The first-order valence-electron chi connectivity index (χ1n) is 7.46. The first kappa shape index (κ1) is 15.1. The van der Waals surface area contributed by atoms with Crippen molar-refractivity contribution in [3.05, 3.63) is 46.3 Å². The van der Waals surface area contributed by atoms with Crippen LogP contribution in [0.5, 0.6) is 0 Å². The molecule has 1 atom stereocenters. The van der Waals surface area contributed by atoms with Crippen molar-refractivity contribution < 1.29 is 9.32 Å². The van der Waals surface area contributed by atoms with Gasteiger partial charge in [0.05, 0.1) is 11.7 Å². The molecule has 2 aromatic rings. The van der Waals surface area contributed by atoms with Gasteiger partial charge in [-0.2, -0.15) is 0 Å². The zero-order chi connectivity index (χ0) is 15.5. The Labute approximate surface area is 137 Å². The number of anilines is 1. The van der Waals surface area contributed by atoms with Crippen molar-refractivity contribution >= 4 is 27.6 Å². The maximum absolute atomic E-state index is 12.5. The maximum Gasteiger partial charge on any atom is 0.322 e. The average molecular weight is 364 g/mol. The molecule has 0 saturated carbocycles. The van der Waals surface area contributed by atoms with Gasteiger partial charge in [0, 0.05) is 22.8 Å². The second kappa shape index (κ2) is 6.52. The van der Waals surface area contributed by atoms with Crippen LogP contribution in [0.2, 0.25) is 0 Å². The summed E-state index contributed by atoms with van der Waals surface area (Å²) in [7, 11) is 0. The molecule has 1 N–H and O–H groups in total. The smallest absolute Gasteiger partial charge is 0.322 e. The lowest BCUT2D eigenvalue weighted by Crippen LogP contribution is -2.34. The van der Waals surface area contributed by atoms with Crippen LogP contribution in [0.3, 0.4) is 0 Å². The molecular formula is C16H18BrN3O2. The highest BCUT2D eigenvalue weighted by atomic mass is 79.9. The highest BCUT2D eigenvalue weighted by Gasteiger charge is 2.32. The van der Waals surface area contributed by atoms with E-state index >= 15 is 0 Å². The van der Waals surface area contributed by atoms with Gasteiger partial charge >= 0.3 is 6.03 Å². The van der Waals surface area contributed by atoms with Crippen molar-refractivity contribution in [2.24, 2.45) is 0 Å². The third-order valence-electron chi connectivity index (χ3n) is 3.88. The van der Waals surface area contributed by atoms with Gasteiger partial charge in [0.15, 0.2) is 5.76 Å². The summed E-state index contributed by atoms with van der Waals surface area (Å²) in [5.74, 6) is 0.778. The van der Waals surface area contributed by atoms with Crippen LogP contribution in [0.1, 0.15) is 37.3 Å². The van der Waals surface area contributed by atoms with Crippen molar-refractivity contribution in [3.8, 4) is 0 Å².